The van der Waals surface area contributed by atoms with Gasteiger partial charge in [0.1, 0.15) is 0 Å². The Morgan fingerprint density at radius 2 is 1.77 bits per heavy atom. The molecule has 0 atom stereocenters. The molecule has 3 rings (SSSR count). The second kappa shape index (κ2) is 6.18. The first-order valence-electron chi connectivity index (χ1n) is 7.88. The SMILES string of the molecule is CCc1ccc(CCc2cc(=O)n3[nH]cc(CC)c3n2)cc1. The molecule has 0 bridgehead atoms. The summed E-state index contributed by atoms with van der Waals surface area (Å²) in [4.78, 5) is 16.8. The Hall–Kier alpha value is -2.36. The van der Waals surface area contributed by atoms with Gasteiger partial charge in [0.15, 0.2) is 5.65 Å². The zero-order chi connectivity index (χ0) is 15.5. The molecule has 1 N–H and O–H groups in total. The summed E-state index contributed by atoms with van der Waals surface area (Å²) in [6.45, 7) is 4.22. The van der Waals surface area contributed by atoms with Crippen LogP contribution in [0, 0.1) is 0 Å². The molecule has 2 heterocycles. The van der Waals surface area contributed by atoms with Crippen molar-refractivity contribution in [3.8, 4) is 0 Å². The maximum Gasteiger partial charge on any atom is 0.272 e. The maximum absolute atomic E-state index is 12.1. The van der Waals surface area contributed by atoms with Crippen LogP contribution in [0.1, 0.15) is 36.2 Å². The molecule has 4 nitrogen and oxygen atoms in total. The van der Waals surface area contributed by atoms with Crippen LogP contribution in [0.3, 0.4) is 0 Å². The van der Waals surface area contributed by atoms with Crippen LogP contribution in [0.2, 0.25) is 0 Å². The fourth-order valence-electron chi connectivity index (χ4n) is 2.68. The highest BCUT2D eigenvalue weighted by molar-refractivity contribution is 5.46. The van der Waals surface area contributed by atoms with Crippen molar-refractivity contribution in [1.82, 2.24) is 14.6 Å². The standard InChI is InChI=1S/C18H21N3O/c1-3-13-5-7-14(8-6-13)9-10-16-11-17(22)21-18(20-16)15(4-2)12-19-21/h5-8,11-12,19H,3-4,9-10H2,1-2H3. The summed E-state index contributed by atoms with van der Waals surface area (Å²) in [5.41, 5.74) is 5.28. The molecular weight excluding hydrogens is 274 g/mol. The van der Waals surface area contributed by atoms with Crippen LogP contribution in [-0.2, 0) is 25.7 Å². The van der Waals surface area contributed by atoms with Crippen molar-refractivity contribution in [3.63, 3.8) is 0 Å². The second-order valence-electron chi connectivity index (χ2n) is 5.57. The van der Waals surface area contributed by atoms with E-state index in [1.54, 1.807) is 6.07 Å². The van der Waals surface area contributed by atoms with E-state index < -0.39 is 0 Å². The van der Waals surface area contributed by atoms with Crippen molar-refractivity contribution in [2.45, 2.75) is 39.5 Å². The largest absolute Gasteiger partial charge is 0.297 e. The third kappa shape index (κ3) is 2.82. The number of aromatic amines is 1. The molecule has 0 spiro atoms. The topological polar surface area (TPSA) is 50.2 Å². The zero-order valence-corrected chi connectivity index (χ0v) is 13.1. The van der Waals surface area contributed by atoms with Gasteiger partial charge in [-0.3, -0.25) is 9.89 Å². The van der Waals surface area contributed by atoms with Crippen molar-refractivity contribution in [3.05, 3.63) is 69.3 Å². The number of nitrogens with zero attached hydrogens (tertiary/aromatic N) is 2. The molecule has 0 radical (unpaired) electrons. The molecule has 114 valence electrons. The predicted molar refractivity (Wildman–Crippen MR) is 88.4 cm³/mol. The number of rotatable bonds is 5. The predicted octanol–water partition coefficient (Wildman–Crippen LogP) is 2.93. The molecule has 0 saturated carbocycles. The molecule has 22 heavy (non-hydrogen) atoms. The molecule has 2 aromatic heterocycles. The molecule has 0 unspecified atom stereocenters. The Bertz CT molecular complexity index is 828. The van der Waals surface area contributed by atoms with Gasteiger partial charge in [-0.2, -0.15) is 0 Å². The second-order valence-corrected chi connectivity index (χ2v) is 5.57. The summed E-state index contributed by atoms with van der Waals surface area (Å²) in [5, 5.41) is 2.96. The van der Waals surface area contributed by atoms with Crippen molar-refractivity contribution < 1.29 is 0 Å². The van der Waals surface area contributed by atoms with Crippen molar-refractivity contribution in [2.75, 3.05) is 0 Å². The smallest absolute Gasteiger partial charge is 0.272 e. The molecule has 0 saturated heterocycles. The molecule has 3 aromatic rings. The molecule has 0 aliphatic heterocycles. The van der Waals surface area contributed by atoms with Gasteiger partial charge in [0.25, 0.3) is 5.56 Å². The number of H-pyrrole nitrogens is 1. The summed E-state index contributed by atoms with van der Waals surface area (Å²) < 4.78 is 1.51. The highest BCUT2D eigenvalue weighted by Crippen LogP contribution is 2.10. The summed E-state index contributed by atoms with van der Waals surface area (Å²) in [6.07, 6.45) is 5.46. The Balaban J connectivity index is 1.82. The Labute approximate surface area is 129 Å². The van der Waals surface area contributed by atoms with Gasteiger partial charge in [0.2, 0.25) is 0 Å². The lowest BCUT2D eigenvalue weighted by molar-refractivity contribution is 0.851. The Morgan fingerprint density at radius 1 is 1.05 bits per heavy atom. The minimum absolute atomic E-state index is 0.0407. The van der Waals surface area contributed by atoms with E-state index in [1.807, 2.05) is 6.20 Å². The zero-order valence-electron chi connectivity index (χ0n) is 13.1. The van der Waals surface area contributed by atoms with Gasteiger partial charge in [-0.15, -0.1) is 0 Å². The summed E-state index contributed by atoms with van der Waals surface area (Å²) in [5.74, 6) is 0. The third-order valence-electron chi connectivity index (χ3n) is 4.11. The fraction of sp³-hybridized carbons (Fsp3) is 0.333. The summed E-state index contributed by atoms with van der Waals surface area (Å²) in [7, 11) is 0. The first kappa shape index (κ1) is 14.6. The molecular formula is C18H21N3O. The average Bonchev–Trinajstić information content (AvgIpc) is 2.97. The van der Waals surface area contributed by atoms with E-state index in [1.165, 1.54) is 15.6 Å². The lowest BCUT2D eigenvalue weighted by atomic mass is 10.0. The molecule has 0 aliphatic rings. The number of hydrogen-bond acceptors (Lipinski definition) is 2. The third-order valence-corrected chi connectivity index (χ3v) is 4.11. The average molecular weight is 295 g/mol. The van der Waals surface area contributed by atoms with E-state index in [9.17, 15) is 4.79 Å². The first-order chi connectivity index (χ1) is 10.7. The van der Waals surface area contributed by atoms with E-state index in [0.29, 0.717) is 0 Å². The van der Waals surface area contributed by atoms with Gasteiger partial charge < -0.3 is 0 Å². The van der Waals surface area contributed by atoms with Gasteiger partial charge in [-0.1, -0.05) is 38.1 Å². The fourth-order valence-corrected chi connectivity index (χ4v) is 2.68. The Morgan fingerprint density at radius 3 is 2.45 bits per heavy atom. The van der Waals surface area contributed by atoms with Crippen LogP contribution < -0.4 is 5.56 Å². The van der Waals surface area contributed by atoms with Crippen LogP contribution in [-0.4, -0.2) is 14.6 Å². The molecule has 0 aliphatic carbocycles. The van der Waals surface area contributed by atoms with Gasteiger partial charge in [0, 0.05) is 23.5 Å². The van der Waals surface area contributed by atoms with Crippen molar-refractivity contribution >= 4 is 5.65 Å². The monoisotopic (exact) mass is 295 g/mol. The van der Waals surface area contributed by atoms with Crippen molar-refractivity contribution in [1.29, 1.82) is 0 Å². The van der Waals surface area contributed by atoms with Crippen molar-refractivity contribution in [2.24, 2.45) is 0 Å². The lowest BCUT2D eigenvalue weighted by Gasteiger charge is -2.04. The van der Waals surface area contributed by atoms with Crippen LogP contribution in [0.5, 0.6) is 0 Å². The van der Waals surface area contributed by atoms with Crippen LogP contribution >= 0.6 is 0 Å². The van der Waals surface area contributed by atoms with Gasteiger partial charge >= 0.3 is 0 Å². The van der Waals surface area contributed by atoms with E-state index >= 15 is 0 Å². The van der Waals surface area contributed by atoms with Crippen LogP contribution in [0.25, 0.3) is 5.65 Å². The highest BCUT2D eigenvalue weighted by atomic mass is 16.1. The minimum Gasteiger partial charge on any atom is -0.297 e. The lowest BCUT2D eigenvalue weighted by Crippen LogP contribution is -2.16. The molecule has 0 amide bonds. The number of nitrogens with one attached hydrogen (secondary N) is 1. The van der Waals surface area contributed by atoms with E-state index in [-0.39, 0.29) is 5.56 Å². The Kier molecular flexibility index (Phi) is 4.09. The summed E-state index contributed by atoms with van der Waals surface area (Å²) >= 11 is 0. The number of aromatic nitrogens is 3. The summed E-state index contributed by atoms with van der Waals surface area (Å²) in [6, 6.07) is 10.3. The normalized spacial score (nSPS) is 11.2. The van der Waals surface area contributed by atoms with Gasteiger partial charge in [-0.25, -0.2) is 9.50 Å². The van der Waals surface area contributed by atoms with E-state index in [2.05, 4.69) is 48.2 Å². The van der Waals surface area contributed by atoms with Crippen LogP contribution in [0.4, 0.5) is 0 Å². The molecule has 4 heteroatoms. The van der Waals surface area contributed by atoms with Gasteiger partial charge in [0.05, 0.1) is 0 Å². The molecule has 0 fully saturated rings. The number of benzene rings is 1. The first-order valence-corrected chi connectivity index (χ1v) is 7.88. The van der Waals surface area contributed by atoms with Gasteiger partial charge in [-0.05, 0) is 36.8 Å². The van der Waals surface area contributed by atoms with E-state index in [4.69, 9.17) is 0 Å². The van der Waals surface area contributed by atoms with E-state index in [0.717, 1.165) is 42.6 Å². The number of aryl methyl sites for hydroxylation is 4. The number of fused-ring (bicyclic) bond motifs is 1. The highest BCUT2D eigenvalue weighted by Gasteiger charge is 2.08. The minimum atomic E-state index is -0.0407. The molecule has 1 aromatic carbocycles. The maximum atomic E-state index is 12.1. The quantitative estimate of drug-likeness (QED) is 0.787. The van der Waals surface area contributed by atoms with Crippen LogP contribution in [0.15, 0.2) is 41.3 Å². The number of hydrogen-bond donors (Lipinski definition) is 1.